The molecule has 0 atom stereocenters. The predicted molar refractivity (Wildman–Crippen MR) is 59.7 cm³/mol. The van der Waals surface area contributed by atoms with Gasteiger partial charge in [-0.2, -0.15) is 0 Å². The molecule has 1 aromatic carbocycles. The van der Waals surface area contributed by atoms with E-state index in [-0.39, 0.29) is 6.42 Å². The van der Waals surface area contributed by atoms with Crippen LogP contribution in [0.4, 0.5) is 0 Å². The molecule has 0 spiro atoms. The van der Waals surface area contributed by atoms with E-state index in [1.165, 1.54) is 0 Å². The zero-order valence-electron chi connectivity index (χ0n) is 7.46. The second-order valence-electron chi connectivity index (χ2n) is 3.00. The van der Waals surface area contributed by atoms with E-state index < -0.39 is 5.97 Å². The summed E-state index contributed by atoms with van der Waals surface area (Å²) in [6, 6.07) is 5.77. The molecule has 76 valence electrons. The fraction of sp³-hybridized carbons (Fsp3) is 0.300. The molecule has 1 N–H and O–H groups in total. The largest absolute Gasteiger partial charge is 0.481 e. The molecule has 1 rings (SSSR count). The van der Waals surface area contributed by atoms with Gasteiger partial charge in [0.15, 0.2) is 0 Å². The van der Waals surface area contributed by atoms with Crippen molar-refractivity contribution >= 4 is 33.5 Å². The molecule has 0 amide bonds. The maximum Gasteiger partial charge on any atom is 0.303 e. The van der Waals surface area contributed by atoms with Crippen LogP contribution in [-0.2, 0) is 17.1 Å². The first kappa shape index (κ1) is 11.5. The smallest absolute Gasteiger partial charge is 0.303 e. The summed E-state index contributed by atoms with van der Waals surface area (Å²) in [5.41, 5.74) is 2.00. The van der Waals surface area contributed by atoms with Crippen molar-refractivity contribution in [3.05, 3.63) is 33.8 Å². The Hall–Kier alpha value is -0.540. The van der Waals surface area contributed by atoms with Crippen LogP contribution in [0.15, 0.2) is 22.7 Å². The Kier molecular flexibility index (Phi) is 4.42. The fourth-order valence-electron chi connectivity index (χ4n) is 1.19. The zero-order chi connectivity index (χ0) is 10.6. The van der Waals surface area contributed by atoms with Crippen molar-refractivity contribution in [2.75, 3.05) is 0 Å². The fourth-order valence-corrected chi connectivity index (χ4v) is 1.93. The van der Waals surface area contributed by atoms with Crippen LogP contribution in [-0.4, -0.2) is 11.1 Å². The van der Waals surface area contributed by atoms with Crippen LogP contribution in [0, 0.1) is 0 Å². The van der Waals surface area contributed by atoms with Gasteiger partial charge in [0.1, 0.15) is 0 Å². The minimum atomic E-state index is -0.780. The first-order valence-corrected chi connectivity index (χ1v) is 5.50. The van der Waals surface area contributed by atoms with E-state index in [0.29, 0.717) is 12.3 Å². The predicted octanol–water partition coefficient (Wildman–Crippen LogP) is 3.21. The lowest BCUT2D eigenvalue weighted by molar-refractivity contribution is -0.136. The summed E-state index contributed by atoms with van der Waals surface area (Å²) in [6.07, 6.45) is 0.691. The number of aryl methyl sites for hydroxylation is 1. The Morgan fingerprint density at radius 2 is 2.00 bits per heavy atom. The van der Waals surface area contributed by atoms with Gasteiger partial charge >= 0.3 is 5.97 Å². The molecular weight excluding hydrogens is 267 g/mol. The number of aliphatic carboxylic acids is 1. The number of hydrogen-bond acceptors (Lipinski definition) is 1. The van der Waals surface area contributed by atoms with Gasteiger partial charge in [-0.05, 0) is 29.7 Å². The summed E-state index contributed by atoms with van der Waals surface area (Å²) >= 11 is 9.05. The summed E-state index contributed by atoms with van der Waals surface area (Å²) in [5, 5.41) is 8.53. The van der Waals surface area contributed by atoms with Gasteiger partial charge in [0.25, 0.3) is 0 Å². The van der Waals surface area contributed by atoms with E-state index in [2.05, 4.69) is 15.9 Å². The first-order valence-electron chi connectivity index (χ1n) is 4.18. The summed E-state index contributed by atoms with van der Waals surface area (Å²) in [6.45, 7) is 0. The van der Waals surface area contributed by atoms with Crippen molar-refractivity contribution in [3.63, 3.8) is 0 Å². The molecule has 0 radical (unpaired) electrons. The number of halogens is 2. The third-order valence-electron chi connectivity index (χ3n) is 1.80. The molecule has 14 heavy (non-hydrogen) atoms. The Morgan fingerprint density at radius 1 is 1.36 bits per heavy atom. The number of rotatable bonds is 4. The average Bonchev–Trinajstić information content (AvgIpc) is 2.14. The Bertz CT molecular complexity index is 339. The number of carboxylic acid groups (broad SMARTS) is 1. The van der Waals surface area contributed by atoms with E-state index in [1.54, 1.807) is 0 Å². The third-order valence-corrected chi connectivity index (χ3v) is 2.57. The highest BCUT2D eigenvalue weighted by atomic mass is 79.9. The van der Waals surface area contributed by atoms with E-state index in [0.717, 1.165) is 15.6 Å². The Balaban J connectivity index is 2.76. The first-order chi connectivity index (χ1) is 6.61. The van der Waals surface area contributed by atoms with Gasteiger partial charge in [0.05, 0.1) is 0 Å². The Labute approximate surface area is 96.0 Å². The molecule has 0 saturated carbocycles. The lowest BCUT2D eigenvalue weighted by atomic mass is 10.1. The number of hydrogen-bond donors (Lipinski definition) is 1. The topological polar surface area (TPSA) is 37.3 Å². The molecule has 2 nitrogen and oxygen atoms in total. The number of alkyl halides is 1. The maximum atomic E-state index is 10.4. The van der Waals surface area contributed by atoms with Crippen molar-refractivity contribution < 1.29 is 9.90 Å². The van der Waals surface area contributed by atoms with Crippen molar-refractivity contribution in [3.8, 4) is 0 Å². The van der Waals surface area contributed by atoms with Crippen LogP contribution >= 0.6 is 27.5 Å². The molecule has 1 aromatic rings. The number of carboxylic acids is 1. The van der Waals surface area contributed by atoms with Crippen molar-refractivity contribution in [2.24, 2.45) is 0 Å². The average molecular weight is 278 g/mol. The highest BCUT2D eigenvalue weighted by Crippen LogP contribution is 2.18. The van der Waals surface area contributed by atoms with Crippen molar-refractivity contribution in [2.45, 2.75) is 18.7 Å². The highest BCUT2D eigenvalue weighted by Gasteiger charge is 2.02. The lowest BCUT2D eigenvalue weighted by Gasteiger charge is -2.03. The van der Waals surface area contributed by atoms with Gasteiger partial charge in [0.2, 0.25) is 0 Å². The SMILES string of the molecule is O=C(O)CCc1cc(Br)cc(CCl)c1. The standard InChI is InChI=1S/C10H10BrClO2/c11-9-4-7(1-2-10(13)14)3-8(5-9)6-12/h3-5H,1-2,6H2,(H,13,14). The van der Waals surface area contributed by atoms with Crippen LogP contribution < -0.4 is 0 Å². The molecule has 0 fully saturated rings. The highest BCUT2D eigenvalue weighted by molar-refractivity contribution is 9.10. The monoisotopic (exact) mass is 276 g/mol. The molecule has 0 saturated heterocycles. The molecule has 4 heteroatoms. The molecule has 0 aliphatic carbocycles. The molecule has 0 aliphatic rings. The van der Waals surface area contributed by atoms with Crippen LogP contribution in [0.2, 0.25) is 0 Å². The van der Waals surface area contributed by atoms with Crippen molar-refractivity contribution in [1.29, 1.82) is 0 Å². The molecule has 0 heterocycles. The Morgan fingerprint density at radius 3 is 2.57 bits per heavy atom. The molecule has 0 aromatic heterocycles. The summed E-state index contributed by atoms with van der Waals surface area (Å²) in [5.74, 6) is -0.336. The van der Waals surface area contributed by atoms with E-state index in [4.69, 9.17) is 16.7 Å². The van der Waals surface area contributed by atoms with E-state index in [1.807, 2.05) is 18.2 Å². The van der Waals surface area contributed by atoms with Crippen LogP contribution in [0.5, 0.6) is 0 Å². The van der Waals surface area contributed by atoms with E-state index >= 15 is 0 Å². The molecular formula is C10H10BrClO2. The number of benzene rings is 1. The third kappa shape index (κ3) is 3.68. The second-order valence-corrected chi connectivity index (χ2v) is 4.18. The summed E-state index contributed by atoms with van der Waals surface area (Å²) < 4.78 is 0.941. The normalized spacial score (nSPS) is 10.1. The van der Waals surface area contributed by atoms with Crippen molar-refractivity contribution in [1.82, 2.24) is 0 Å². The minimum Gasteiger partial charge on any atom is -0.481 e. The van der Waals surface area contributed by atoms with Gasteiger partial charge in [-0.25, -0.2) is 0 Å². The van der Waals surface area contributed by atoms with Crippen LogP contribution in [0.1, 0.15) is 17.5 Å². The summed E-state index contributed by atoms with van der Waals surface area (Å²) in [7, 11) is 0. The molecule has 0 unspecified atom stereocenters. The maximum absolute atomic E-state index is 10.4. The van der Waals surface area contributed by atoms with Gasteiger partial charge in [0, 0.05) is 16.8 Å². The number of carbonyl (C=O) groups is 1. The molecule has 0 bridgehead atoms. The van der Waals surface area contributed by atoms with Gasteiger partial charge in [-0.1, -0.05) is 22.0 Å². The quantitative estimate of drug-likeness (QED) is 0.858. The van der Waals surface area contributed by atoms with Crippen LogP contribution in [0.3, 0.4) is 0 Å². The second kappa shape index (κ2) is 5.37. The van der Waals surface area contributed by atoms with E-state index in [9.17, 15) is 4.79 Å². The molecule has 0 aliphatic heterocycles. The lowest BCUT2D eigenvalue weighted by Crippen LogP contribution is -1.97. The van der Waals surface area contributed by atoms with Gasteiger partial charge in [-0.15, -0.1) is 11.6 Å². The van der Waals surface area contributed by atoms with Gasteiger partial charge in [-0.3, -0.25) is 4.79 Å². The minimum absolute atomic E-state index is 0.151. The summed E-state index contributed by atoms with van der Waals surface area (Å²) in [4.78, 5) is 10.4. The van der Waals surface area contributed by atoms with Crippen LogP contribution in [0.25, 0.3) is 0 Å². The van der Waals surface area contributed by atoms with Gasteiger partial charge < -0.3 is 5.11 Å². The zero-order valence-corrected chi connectivity index (χ0v) is 9.81.